The lowest BCUT2D eigenvalue weighted by atomic mass is 10.2. The van der Waals surface area contributed by atoms with Crippen molar-refractivity contribution in [1.29, 1.82) is 0 Å². The van der Waals surface area contributed by atoms with E-state index in [0.29, 0.717) is 0 Å². The molecule has 1 aromatic rings. The number of alkyl halides is 3. The van der Waals surface area contributed by atoms with Gasteiger partial charge in [0.05, 0.1) is 24.9 Å². The molecule has 1 rings (SSSR count). The summed E-state index contributed by atoms with van der Waals surface area (Å²) in [6.07, 6.45) is -3.99. The van der Waals surface area contributed by atoms with Crippen LogP contribution in [-0.2, 0) is 4.74 Å². The number of pyridine rings is 1. The van der Waals surface area contributed by atoms with E-state index in [2.05, 4.69) is 4.98 Å². The largest absolute Gasteiger partial charge is 0.462 e. The number of anilines is 2. The third-order valence-electron chi connectivity index (χ3n) is 2.48. The van der Waals surface area contributed by atoms with E-state index in [-0.39, 0.29) is 30.2 Å². The number of hydrogen-bond donors (Lipinski definition) is 1. The van der Waals surface area contributed by atoms with E-state index in [1.54, 1.807) is 6.92 Å². The topological polar surface area (TPSA) is 68.5 Å². The second kappa shape index (κ2) is 6.44. The fraction of sp³-hybridized carbons (Fsp3) is 0.500. The molecule has 0 aliphatic rings. The molecular weight excluding hydrogens is 275 g/mol. The third-order valence-corrected chi connectivity index (χ3v) is 2.48. The molecule has 112 valence electrons. The van der Waals surface area contributed by atoms with E-state index in [1.807, 2.05) is 0 Å². The Bertz CT molecular complexity index is 478. The maximum absolute atomic E-state index is 12.2. The van der Waals surface area contributed by atoms with Crippen LogP contribution in [0.25, 0.3) is 0 Å². The predicted molar refractivity (Wildman–Crippen MR) is 68.5 cm³/mol. The zero-order chi connectivity index (χ0) is 15.3. The van der Waals surface area contributed by atoms with Gasteiger partial charge in [-0.2, -0.15) is 13.2 Å². The second-order valence-corrected chi connectivity index (χ2v) is 4.15. The number of esters is 1. The molecule has 0 atom stereocenters. The molecule has 0 aliphatic heterocycles. The maximum Gasteiger partial charge on any atom is 0.390 e. The normalized spacial score (nSPS) is 11.2. The fourth-order valence-corrected chi connectivity index (χ4v) is 1.54. The summed E-state index contributed by atoms with van der Waals surface area (Å²) in [5.74, 6) is -0.553. The Balaban J connectivity index is 2.95. The first kappa shape index (κ1) is 16.1. The number of rotatable bonds is 5. The number of nitrogens with two attached hydrogens (primary N) is 1. The quantitative estimate of drug-likeness (QED) is 0.842. The van der Waals surface area contributed by atoms with Crippen molar-refractivity contribution in [2.24, 2.45) is 0 Å². The van der Waals surface area contributed by atoms with Crippen LogP contribution in [0.4, 0.5) is 24.7 Å². The molecule has 0 aliphatic carbocycles. The van der Waals surface area contributed by atoms with Gasteiger partial charge in [0.25, 0.3) is 0 Å². The summed E-state index contributed by atoms with van der Waals surface area (Å²) in [5.41, 5.74) is 5.83. The number of ether oxygens (including phenoxy) is 1. The highest BCUT2D eigenvalue weighted by Gasteiger charge is 2.28. The van der Waals surface area contributed by atoms with Crippen molar-refractivity contribution >= 4 is 17.5 Å². The number of nitrogens with zero attached hydrogens (tertiary/aromatic N) is 2. The van der Waals surface area contributed by atoms with Crippen molar-refractivity contribution in [1.82, 2.24) is 4.98 Å². The number of aromatic nitrogens is 1. The lowest BCUT2D eigenvalue weighted by Crippen LogP contribution is -2.27. The highest BCUT2D eigenvalue weighted by atomic mass is 19.4. The van der Waals surface area contributed by atoms with Crippen LogP contribution >= 0.6 is 0 Å². The molecule has 0 aromatic carbocycles. The Labute approximate surface area is 114 Å². The molecule has 0 unspecified atom stereocenters. The predicted octanol–water partition coefficient (Wildman–Crippen LogP) is 2.23. The standard InChI is InChI=1S/C12H16F3N3O2/c1-3-20-11(19)9-6-8(16)7-17-10(9)18(2)5-4-12(13,14)15/h6-7H,3-5,16H2,1-2H3. The number of halogens is 3. The summed E-state index contributed by atoms with van der Waals surface area (Å²) < 4.78 is 41.5. The average molecular weight is 291 g/mol. The van der Waals surface area contributed by atoms with E-state index in [4.69, 9.17) is 10.5 Å². The van der Waals surface area contributed by atoms with Gasteiger partial charge in [-0.25, -0.2) is 9.78 Å². The Morgan fingerprint density at radius 3 is 2.70 bits per heavy atom. The van der Waals surface area contributed by atoms with Crippen molar-refractivity contribution in [3.05, 3.63) is 17.8 Å². The van der Waals surface area contributed by atoms with Crippen LogP contribution in [-0.4, -0.2) is 37.3 Å². The minimum atomic E-state index is -4.27. The zero-order valence-corrected chi connectivity index (χ0v) is 11.2. The number of nitrogen functional groups attached to an aromatic ring is 1. The first-order chi connectivity index (χ1) is 9.24. The molecule has 2 N–H and O–H groups in total. The van der Waals surface area contributed by atoms with Gasteiger partial charge in [-0.3, -0.25) is 0 Å². The summed E-state index contributed by atoms with van der Waals surface area (Å²) >= 11 is 0. The molecule has 0 amide bonds. The molecule has 0 fully saturated rings. The highest BCUT2D eigenvalue weighted by molar-refractivity contribution is 5.95. The van der Waals surface area contributed by atoms with Gasteiger partial charge >= 0.3 is 12.1 Å². The van der Waals surface area contributed by atoms with Crippen LogP contribution in [0.3, 0.4) is 0 Å². The van der Waals surface area contributed by atoms with Crippen molar-refractivity contribution in [2.75, 3.05) is 30.8 Å². The third kappa shape index (κ3) is 4.60. The first-order valence-electron chi connectivity index (χ1n) is 5.95. The smallest absolute Gasteiger partial charge is 0.390 e. The Morgan fingerprint density at radius 1 is 1.50 bits per heavy atom. The van der Waals surface area contributed by atoms with Crippen LogP contribution < -0.4 is 10.6 Å². The Kier molecular flexibility index (Phi) is 5.18. The van der Waals surface area contributed by atoms with Gasteiger partial charge in [0.15, 0.2) is 0 Å². The van der Waals surface area contributed by atoms with Crippen molar-refractivity contribution in [3.63, 3.8) is 0 Å². The minimum absolute atomic E-state index is 0.0523. The van der Waals surface area contributed by atoms with E-state index in [9.17, 15) is 18.0 Å². The minimum Gasteiger partial charge on any atom is -0.462 e. The van der Waals surface area contributed by atoms with Gasteiger partial charge in [-0.15, -0.1) is 0 Å². The molecular formula is C12H16F3N3O2. The summed E-state index contributed by atoms with van der Waals surface area (Å²) in [5, 5.41) is 0. The summed E-state index contributed by atoms with van der Waals surface area (Å²) in [4.78, 5) is 16.9. The van der Waals surface area contributed by atoms with Crippen LogP contribution in [0.15, 0.2) is 12.3 Å². The number of carbonyl (C=O) groups is 1. The van der Waals surface area contributed by atoms with Crippen molar-refractivity contribution in [2.45, 2.75) is 19.5 Å². The van der Waals surface area contributed by atoms with E-state index >= 15 is 0 Å². The van der Waals surface area contributed by atoms with Gasteiger partial charge in [-0.05, 0) is 13.0 Å². The molecule has 1 heterocycles. The van der Waals surface area contributed by atoms with E-state index in [1.165, 1.54) is 24.2 Å². The van der Waals surface area contributed by atoms with Crippen LogP contribution in [0.5, 0.6) is 0 Å². The molecule has 20 heavy (non-hydrogen) atoms. The fourth-order valence-electron chi connectivity index (χ4n) is 1.54. The van der Waals surface area contributed by atoms with Gasteiger partial charge < -0.3 is 15.4 Å². The lowest BCUT2D eigenvalue weighted by molar-refractivity contribution is -0.132. The highest BCUT2D eigenvalue weighted by Crippen LogP contribution is 2.24. The van der Waals surface area contributed by atoms with Crippen LogP contribution in [0.1, 0.15) is 23.7 Å². The number of hydrogen-bond acceptors (Lipinski definition) is 5. The maximum atomic E-state index is 12.2. The molecule has 0 bridgehead atoms. The van der Waals surface area contributed by atoms with E-state index < -0.39 is 18.6 Å². The Hall–Kier alpha value is -1.99. The summed E-state index contributed by atoms with van der Waals surface area (Å²) in [6.45, 7) is 1.47. The number of carbonyl (C=O) groups excluding carboxylic acids is 1. The van der Waals surface area contributed by atoms with Gasteiger partial charge in [-0.1, -0.05) is 0 Å². The van der Waals surface area contributed by atoms with E-state index in [0.717, 1.165) is 0 Å². The first-order valence-corrected chi connectivity index (χ1v) is 5.95. The van der Waals surface area contributed by atoms with Gasteiger partial charge in [0.1, 0.15) is 11.4 Å². The molecule has 0 saturated carbocycles. The molecule has 5 nitrogen and oxygen atoms in total. The zero-order valence-electron chi connectivity index (χ0n) is 11.2. The molecule has 1 aromatic heterocycles. The van der Waals surface area contributed by atoms with Crippen molar-refractivity contribution < 1.29 is 22.7 Å². The van der Waals surface area contributed by atoms with Crippen LogP contribution in [0.2, 0.25) is 0 Å². The molecule has 0 radical (unpaired) electrons. The molecule has 0 spiro atoms. The van der Waals surface area contributed by atoms with Crippen LogP contribution in [0, 0.1) is 0 Å². The molecule has 0 saturated heterocycles. The van der Waals surface area contributed by atoms with Gasteiger partial charge in [0.2, 0.25) is 0 Å². The monoisotopic (exact) mass is 291 g/mol. The molecule has 8 heteroatoms. The second-order valence-electron chi connectivity index (χ2n) is 4.15. The van der Waals surface area contributed by atoms with Gasteiger partial charge in [0, 0.05) is 13.6 Å². The average Bonchev–Trinajstić information content (AvgIpc) is 2.35. The summed E-state index contributed by atoms with van der Waals surface area (Å²) in [7, 11) is 1.42. The van der Waals surface area contributed by atoms with Crippen molar-refractivity contribution in [3.8, 4) is 0 Å². The summed E-state index contributed by atoms with van der Waals surface area (Å²) in [6, 6.07) is 1.34. The SMILES string of the molecule is CCOC(=O)c1cc(N)cnc1N(C)CCC(F)(F)F. The lowest BCUT2D eigenvalue weighted by Gasteiger charge is -2.21. The Morgan fingerprint density at radius 2 is 2.15 bits per heavy atom.